The van der Waals surface area contributed by atoms with Crippen LogP contribution in [0.25, 0.3) is 0 Å². The van der Waals surface area contributed by atoms with Gasteiger partial charge < -0.3 is 4.12 Å². The van der Waals surface area contributed by atoms with Gasteiger partial charge in [0.05, 0.1) is 0 Å². The van der Waals surface area contributed by atoms with Crippen LogP contribution in [0.3, 0.4) is 0 Å². The Bertz CT molecular complexity index is 614. The van der Waals surface area contributed by atoms with E-state index in [9.17, 15) is 0 Å². The molecule has 0 heterocycles. The molecule has 2 aromatic rings. The quantitative estimate of drug-likeness (QED) is 0.533. The third-order valence-electron chi connectivity index (χ3n) is 3.70. The zero-order chi connectivity index (χ0) is 17.1. The fourth-order valence-electron chi connectivity index (χ4n) is 3.02. The molecular formula is C18H24Cl2OSi2. The second kappa shape index (κ2) is 7.53. The lowest BCUT2D eigenvalue weighted by atomic mass is 10.2. The van der Waals surface area contributed by atoms with E-state index in [0.717, 1.165) is 22.1 Å². The molecule has 0 aromatic heterocycles. The molecule has 0 N–H and O–H groups in total. The maximum absolute atomic E-state index is 6.70. The number of hydrogen-bond acceptors (Lipinski definition) is 1. The van der Waals surface area contributed by atoms with E-state index in [0.29, 0.717) is 0 Å². The van der Waals surface area contributed by atoms with E-state index in [4.69, 9.17) is 27.3 Å². The van der Waals surface area contributed by atoms with Crippen LogP contribution in [-0.2, 0) is 16.2 Å². The minimum Gasteiger partial charge on any atom is -0.455 e. The summed E-state index contributed by atoms with van der Waals surface area (Å²) in [5, 5.41) is 1.67. The van der Waals surface area contributed by atoms with Crippen molar-refractivity contribution in [3.05, 3.63) is 69.7 Å². The summed E-state index contributed by atoms with van der Waals surface area (Å²) < 4.78 is 6.70. The smallest absolute Gasteiger partial charge is 0.177 e. The van der Waals surface area contributed by atoms with Crippen molar-refractivity contribution in [1.82, 2.24) is 0 Å². The molecule has 0 bridgehead atoms. The summed E-state index contributed by atoms with van der Waals surface area (Å²) in [6, 6.07) is 18.0. The van der Waals surface area contributed by atoms with Crippen LogP contribution in [0.2, 0.25) is 36.2 Å². The fourth-order valence-corrected chi connectivity index (χ4v) is 12.7. The van der Waals surface area contributed by atoms with Crippen molar-refractivity contribution >= 4 is 39.8 Å². The van der Waals surface area contributed by atoms with Gasteiger partial charge in [0.2, 0.25) is 0 Å². The Kier molecular flexibility index (Phi) is 6.14. The molecule has 0 spiro atoms. The van der Waals surface area contributed by atoms with Gasteiger partial charge in [-0.2, -0.15) is 0 Å². The van der Waals surface area contributed by atoms with Crippen molar-refractivity contribution in [3.8, 4) is 0 Å². The molecular weight excluding hydrogens is 359 g/mol. The van der Waals surface area contributed by atoms with Gasteiger partial charge in [-0.15, -0.1) is 0 Å². The van der Waals surface area contributed by atoms with Gasteiger partial charge in [-0.05, 0) is 61.5 Å². The van der Waals surface area contributed by atoms with E-state index < -0.39 is 16.6 Å². The Morgan fingerprint density at radius 1 is 0.696 bits per heavy atom. The molecule has 0 fully saturated rings. The van der Waals surface area contributed by atoms with Crippen molar-refractivity contribution in [2.75, 3.05) is 0 Å². The van der Waals surface area contributed by atoms with E-state index in [-0.39, 0.29) is 0 Å². The van der Waals surface area contributed by atoms with E-state index in [1.165, 1.54) is 11.1 Å². The first-order chi connectivity index (χ1) is 10.7. The summed E-state index contributed by atoms with van der Waals surface area (Å²) in [7, 11) is -3.70. The summed E-state index contributed by atoms with van der Waals surface area (Å²) in [4.78, 5) is 0. The average Bonchev–Trinajstić information content (AvgIpc) is 2.42. The van der Waals surface area contributed by atoms with Gasteiger partial charge in [0, 0.05) is 10.0 Å². The fraction of sp³-hybridized carbons (Fsp3) is 0.333. The zero-order valence-electron chi connectivity index (χ0n) is 14.2. The highest BCUT2D eigenvalue weighted by Crippen LogP contribution is 2.27. The Morgan fingerprint density at radius 2 is 1.04 bits per heavy atom. The Morgan fingerprint density at radius 3 is 1.39 bits per heavy atom. The molecule has 1 nitrogen and oxygen atoms in total. The van der Waals surface area contributed by atoms with Crippen molar-refractivity contribution in [3.63, 3.8) is 0 Å². The van der Waals surface area contributed by atoms with Crippen LogP contribution < -0.4 is 0 Å². The standard InChI is InChI=1S/C18H24Cl2OSi2/c1-22(2,13-15-9-5-7-11-17(15)19)21-23(3,4)14-16-10-6-8-12-18(16)20/h5-12H,13-14H2,1-4H3. The predicted molar refractivity (Wildman–Crippen MR) is 106 cm³/mol. The van der Waals surface area contributed by atoms with Crippen molar-refractivity contribution < 1.29 is 4.12 Å². The molecule has 0 aliphatic carbocycles. The number of rotatable bonds is 6. The minimum absolute atomic E-state index is 0.835. The molecule has 0 aliphatic heterocycles. The summed E-state index contributed by atoms with van der Waals surface area (Å²) in [6.07, 6.45) is 0. The van der Waals surface area contributed by atoms with Crippen molar-refractivity contribution in [2.24, 2.45) is 0 Å². The normalized spacial score (nSPS) is 12.4. The Labute approximate surface area is 151 Å². The lowest BCUT2D eigenvalue weighted by Gasteiger charge is -2.34. The first kappa shape index (κ1) is 18.7. The number of benzene rings is 2. The zero-order valence-corrected chi connectivity index (χ0v) is 17.7. The van der Waals surface area contributed by atoms with E-state index >= 15 is 0 Å². The SMILES string of the molecule is C[Si](C)(Cc1ccccc1Cl)O[Si](C)(C)Cc1ccccc1Cl. The lowest BCUT2D eigenvalue weighted by molar-refractivity contribution is 0.537. The summed E-state index contributed by atoms with van der Waals surface area (Å²) in [6.45, 7) is 9.10. The van der Waals surface area contributed by atoms with Gasteiger partial charge in [0.15, 0.2) is 16.6 Å². The highest BCUT2D eigenvalue weighted by Gasteiger charge is 2.34. The molecule has 2 aromatic carbocycles. The van der Waals surface area contributed by atoms with Crippen LogP contribution in [-0.4, -0.2) is 16.6 Å². The van der Waals surface area contributed by atoms with Gasteiger partial charge in [0.1, 0.15) is 0 Å². The molecule has 23 heavy (non-hydrogen) atoms. The molecule has 2 rings (SSSR count). The van der Waals surface area contributed by atoms with Gasteiger partial charge in [-0.1, -0.05) is 59.6 Å². The van der Waals surface area contributed by atoms with Gasteiger partial charge in [-0.25, -0.2) is 0 Å². The highest BCUT2D eigenvalue weighted by molar-refractivity contribution is 6.84. The van der Waals surface area contributed by atoms with Gasteiger partial charge >= 0.3 is 0 Å². The van der Waals surface area contributed by atoms with E-state index in [1.54, 1.807) is 0 Å². The molecule has 5 heteroatoms. The highest BCUT2D eigenvalue weighted by atomic mass is 35.5. The molecule has 0 unspecified atom stereocenters. The molecule has 0 radical (unpaired) electrons. The van der Waals surface area contributed by atoms with Crippen LogP contribution in [0.15, 0.2) is 48.5 Å². The maximum Gasteiger partial charge on any atom is 0.177 e. The summed E-state index contributed by atoms with van der Waals surface area (Å²) >= 11 is 12.6. The van der Waals surface area contributed by atoms with Crippen LogP contribution in [0.5, 0.6) is 0 Å². The van der Waals surface area contributed by atoms with Gasteiger partial charge in [0.25, 0.3) is 0 Å². The van der Waals surface area contributed by atoms with Crippen LogP contribution >= 0.6 is 23.2 Å². The predicted octanol–water partition coefficient (Wildman–Crippen LogP) is 6.28. The van der Waals surface area contributed by atoms with Crippen molar-refractivity contribution in [1.29, 1.82) is 0 Å². The second-order valence-electron chi connectivity index (χ2n) is 7.16. The molecule has 0 saturated carbocycles. The molecule has 124 valence electrons. The van der Waals surface area contributed by atoms with Gasteiger partial charge in [-0.3, -0.25) is 0 Å². The maximum atomic E-state index is 6.70. The van der Waals surface area contributed by atoms with Crippen LogP contribution in [0.1, 0.15) is 11.1 Å². The summed E-state index contributed by atoms with van der Waals surface area (Å²) in [5.41, 5.74) is 2.38. The molecule has 0 amide bonds. The van der Waals surface area contributed by atoms with Crippen LogP contribution in [0.4, 0.5) is 0 Å². The number of hydrogen-bond donors (Lipinski definition) is 0. The van der Waals surface area contributed by atoms with E-state index in [1.807, 2.05) is 36.4 Å². The second-order valence-corrected chi connectivity index (χ2v) is 16.5. The molecule has 0 atom stereocenters. The topological polar surface area (TPSA) is 9.23 Å². The van der Waals surface area contributed by atoms with E-state index in [2.05, 4.69) is 38.3 Å². The monoisotopic (exact) mass is 382 g/mol. The first-order valence-electron chi connectivity index (χ1n) is 7.86. The molecule has 0 saturated heterocycles. The van der Waals surface area contributed by atoms with Crippen LogP contribution in [0, 0.1) is 0 Å². The van der Waals surface area contributed by atoms with Crippen molar-refractivity contribution in [2.45, 2.75) is 38.3 Å². The summed E-state index contributed by atoms with van der Waals surface area (Å²) in [5.74, 6) is 0. The first-order valence-corrected chi connectivity index (χ1v) is 14.8. The average molecular weight is 383 g/mol. The Hall–Kier alpha value is -0.586. The third kappa shape index (κ3) is 5.77. The third-order valence-corrected chi connectivity index (χ3v) is 11.3. The lowest BCUT2D eigenvalue weighted by Crippen LogP contribution is -2.47. The largest absolute Gasteiger partial charge is 0.455 e. The number of halogens is 2. The Balaban J connectivity index is 2.09. The molecule has 0 aliphatic rings. The minimum atomic E-state index is -1.85.